The first-order valence-electron chi connectivity index (χ1n) is 4.71. The van der Waals surface area contributed by atoms with Gasteiger partial charge in [0.05, 0.1) is 6.20 Å². The molecule has 0 bridgehead atoms. The van der Waals surface area contributed by atoms with Crippen LogP contribution < -0.4 is 5.69 Å². The van der Waals surface area contributed by atoms with Crippen molar-refractivity contribution < 1.29 is 0 Å². The normalized spacial score (nSPS) is 9.87. The minimum absolute atomic E-state index is 0.248. The number of aromatic nitrogens is 4. The fourth-order valence-corrected chi connectivity index (χ4v) is 1.44. The monoisotopic (exact) mass is 226 g/mol. The summed E-state index contributed by atoms with van der Waals surface area (Å²) in [6.07, 6.45) is 3.49. The zero-order chi connectivity index (χ0) is 11.4. The molecule has 0 aliphatic carbocycles. The molecule has 0 aliphatic rings. The predicted octanol–water partition coefficient (Wildman–Crippen LogP) is 1.47. The second-order valence-corrected chi connectivity index (χ2v) is 3.41. The zero-order valence-corrected chi connectivity index (χ0v) is 10.1. The number of hydrogen-bond donors (Lipinski definition) is 1. The molecule has 0 fully saturated rings. The van der Waals surface area contributed by atoms with Crippen molar-refractivity contribution in [2.75, 3.05) is 6.26 Å². The summed E-state index contributed by atoms with van der Waals surface area (Å²) in [5.41, 5.74) is 1.27. The second kappa shape index (κ2) is 4.97. The molecule has 0 amide bonds. The molecule has 82 valence electrons. The maximum absolute atomic E-state index is 11.4. The third-order valence-electron chi connectivity index (χ3n) is 1.73. The third-order valence-corrected chi connectivity index (χ3v) is 2.31. The molecule has 1 N–H and O–H groups in total. The van der Waals surface area contributed by atoms with Gasteiger partial charge in [0.25, 0.3) is 0 Å². The van der Waals surface area contributed by atoms with E-state index in [1.54, 1.807) is 6.20 Å². The average molecular weight is 226 g/mol. The van der Waals surface area contributed by atoms with Gasteiger partial charge >= 0.3 is 5.69 Å². The highest BCUT2D eigenvalue weighted by Gasteiger charge is 2.05. The van der Waals surface area contributed by atoms with Crippen molar-refractivity contribution in [2.24, 2.45) is 0 Å². The lowest BCUT2D eigenvalue weighted by Crippen LogP contribution is -2.19. The van der Waals surface area contributed by atoms with Crippen LogP contribution in [0.4, 0.5) is 0 Å². The van der Waals surface area contributed by atoms with Gasteiger partial charge < -0.3 is 0 Å². The van der Waals surface area contributed by atoms with Crippen molar-refractivity contribution >= 4 is 17.4 Å². The van der Waals surface area contributed by atoms with Crippen LogP contribution >= 0.6 is 11.8 Å². The maximum atomic E-state index is 11.4. The first kappa shape index (κ1) is 11.8. The van der Waals surface area contributed by atoms with Crippen molar-refractivity contribution in [1.82, 2.24) is 19.6 Å². The van der Waals surface area contributed by atoms with Gasteiger partial charge in [0, 0.05) is 5.56 Å². The minimum Gasteiger partial charge on any atom is -0.285 e. The summed E-state index contributed by atoms with van der Waals surface area (Å²) in [5, 5.41) is 4.51. The lowest BCUT2D eigenvalue weighted by molar-refractivity contribution is 0.787. The van der Waals surface area contributed by atoms with Gasteiger partial charge in [-0.2, -0.15) is 9.61 Å². The molecule has 0 saturated heterocycles. The standard InChI is InChI=1S/C7H8N4OS.C2H6/c1-4-3-8-11-5(4)9-6(13-2)10-7(11)12;1-2/h3H,1-2H3,(H,9,10,12);1-2H3. The number of nitrogens with zero attached hydrogens (tertiary/aromatic N) is 3. The Labute approximate surface area is 91.9 Å². The predicted molar refractivity (Wildman–Crippen MR) is 61.5 cm³/mol. The van der Waals surface area contributed by atoms with E-state index in [2.05, 4.69) is 15.1 Å². The third kappa shape index (κ3) is 2.20. The highest BCUT2D eigenvalue weighted by atomic mass is 32.2. The van der Waals surface area contributed by atoms with E-state index < -0.39 is 0 Å². The molecular weight excluding hydrogens is 212 g/mol. The summed E-state index contributed by atoms with van der Waals surface area (Å²) >= 11 is 1.40. The summed E-state index contributed by atoms with van der Waals surface area (Å²) in [7, 11) is 0. The van der Waals surface area contributed by atoms with Gasteiger partial charge in [-0.3, -0.25) is 4.98 Å². The van der Waals surface area contributed by atoms with Crippen LogP contribution in [-0.2, 0) is 0 Å². The Bertz CT molecular complexity index is 502. The Morgan fingerprint density at radius 2 is 2.13 bits per heavy atom. The molecule has 0 aliphatic heterocycles. The van der Waals surface area contributed by atoms with E-state index in [1.807, 2.05) is 27.0 Å². The molecule has 0 spiro atoms. The number of nitrogens with one attached hydrogen (secondary N) is 1. The lowest BCUT2D eigenvalue weighted by Gasteiger charge is -1.96. The largest absolute Gasteiger partial charge is 0.350 e. The molecule has 0 saturated carbocycles. The van der Waals surface area contributed by atoms with Crippen molar-refractivity contribution in [2.45, 2.75) is 25.9 Å². The molecule has 2 heterocycles. The van der Waals surface area contributed by atoms with Crippen LogP contribution in [0.15, 0.2) is 16.1 Å². The Balaban J connectivity index is 0.000000531. The molecule has 2 aromatic heterocycles. The van der Waals surface area contributed by atoms with Crippen LogP contribution in [0, 0.1) is 6.92 Å². The number of fused-ring (bicyclic) bond motifs is 1. The smallest absolute Gasteiger partial charge is 0.285 e. The summed E-state index contributed by atoms with van der Waals surface area (Å²) in [4.78, 5) is 18.2. The van der Waals surface area contributed by atoms with E-state index in [0.717, 1.165) is 5.56 Å². The highest BCUT2D eigenvalue weighted by molar-refractivity contribution is 7.98. The van der Waals surface area contributed by atoms with Crippen molar-refractivity contribution in [1.29, 1.82) is 0 Å². The van der Waals surface area contributed by atoms with Crippen LogP contribution in [0.25, 0.3) is 5.65 Å². The highest BCUT2D eigenvalue weighted by Crippen LogP contribution is 2.08. The first-order chi connectivity index (χ1) is 7.22. The molecule has 0 aromatic carbocycles. The van der Waals surface area contributed by atoms with E-state index in [0.29, 0.717) is 10.8 Å². The lowest BCUT2D eigenvalue weighted by atomic mass is 10.4. The number of aromatic amines is 1. The Kier molecular flexibility index (Phi) is 3.90. The van der Waals surface area contributed by atoms with Crippen molar-refractivity contribution in [3.8, 4) is 0 Å². The SMILES string of the molecule is CC.CSc1nc2c(C)cnn2c(=O)[nH]1. The van der Waals surface area contributed by atoms with Gasteiger partial charge in [-0.1, -0.05) is 25.6 Å². The molecule has 5 nitrogen and oxygen atoms in total. The fraction of sp³-hybridized carbons (Fsp3) is 0.444. The molecular formula is C9H14N4OS. The van der Waals surface area contributed by atoms with Crippen LogP contribution in [0.2, 0.25) is 0 Å². The maximum Gasteiger partial charge on any atom is 0.350 e. The molecule has 0 atom stereocenters. The molecule has 6 heteroatoms. The Morgan fingerprint density at radius 1 is 1.47 bits per heavy atom. The van der Waals surface area contributed by atoms with E-state index >= 15 is 0 Å². The quantitative estimate of drug-likeness (QED) is 0.748. The topological polar surface area (TPSA) is 63.1 Å². The molecule has 15 heavy (non-hydrogen) atoms. The zero-order valence-electron chi connectivity index (χ0n) is 9.24. The summed E-state index contributed by atoms with van der Waals surface area (Å²) in [6, 6.07) is 0. The van der Waals surface area contributed by atoms with Gasteiger partial charge in [0.1, 0.15) is 0 Å². The van der Waals surface area contributed by atoms with Gasteiger partial charge in [-0.05, 0) is 13.2 Å². The van der Waals surface area contributed by atoms with E-state index in [4.69, 9.17) is 0 Å². The number of H-pyrrole nitrogens is 1. The van der Waals surface area contributed by atoms with Gasteiger partial charge in [0.15, 0.2) is 10.8 Å². The summed E-state index contributed by atoms with van der Waals surface area (Å²) < 4.78 is 1.26. The minimum atomic E-state index is -0.248. The summed E-state index contributed by atoms with van der Waals surface area (Å²) in [6.45, 7) is 5.87. The van der Waals surface area contributed by atoms with Crippen molar-refractivity contribution in [3.05, 3.63) is 22.2 Å². The van der Waals surface area contributed by atoms with E-state index in [9.17, 15) is 4.79 Å². The summed E-state index contributed by atoms with van der Waals surface area (Å²) in [5.74, 6) is 0. The number of rotatable bonds is 1. The Hall–Kier alpha value is -1.30. The average Bonchev–Trinajstić information content (AvgIpc) is 2.64. The second-order valence-electron chi connectivity index (χ2n) is 2.61. The van der Waals surface area contributed by atoms with Gasteiger partial charge in [0.2, 0.25) is 0 Å². The van der Waals surface area contributed by atoms with Gasteiger partial charge in [-0.25, -0.2) is 9.78 Å². The number of thioether (sulfide) groups is 1. The Morgan fingerprint density at radius 3 is 2.73 bits per heavy atom. The van der Waals surface area contributed by atoms with Crippen LogP contribution in [0.3, 0.4) is 0 Å². The first-order valence-corrected chi connectivity index (χ1v) is 5.93. The van der Waals surface area contributed by atoms with Crippen molar-refractivity contribution in [3.63, 3.8) is 0 Å². The number of aryl methyl sites for hydroxylation is 1. The number of hydrogen-bond acceptors (Lipinski definition) is 4. The van der Waals surface area contributed by atoms with Gasteiger partial charge in [-0.15, -0.1) is 0 Å². The van der Waals surface area contributed by atoms with Crippen LogP contribution in [0.1, 0.15) is 19.4 Å². The molecule has 2 aromatic rings. The fourth-order valence-electron chi connectivity index (χ4n) is 1.07. The molecule has 0 radical (unpaired) electrons. The van der Waals surface area contributed by atoms with E-state index in [-0.39, 0.29) is 5.69 Å². The van der Waals surface area contributed by atoms with Crippen LogP contribution in [0.5, 0.6) is 0 Å². The van der Waals surface area contributed by atoms with E-state index in [1.165, 1.54) is 16.3 Å². The van der Waals surface area contributed by atoms with Crippen LogP contribution in [-0.4, -0.2) is 25.8 Å². The molecule has 0 unspecified atom stereocenters. The molecule has 2 rings (SSSR count).